The maximum Gasteiger partial charge on any atom is 0.325 e. The Morgan fingerprint density at radius 3 is 2.52 bits per heavy atom. The van der Waals surface area contributed by atoms with Gasteiger partial charge >= 0.3 is 6.03 Å². The van der Waals surface area contributed by atoms with Gasteiger partial charge in [-0.05, 0) is 17.9 Å². The molecule has 0 saturated carbocycles. The number of hydrogen-bond donors (Lipinski definition) is 1. The van der Waals surface area contributed by atoms with Crippen LogP contribution in [0.4, 0.5) is 10.6 Å². The summed E-state index contributed by atoms with van der Waals surface area (Å²) >= 11 is 0. The number of nitrogens with one attached hydrogen (secondary N) is 1. The van der Waals surface area contributed by atoms with Crippen molar-refractivity contribution in [3.05, 3.63) is 18.6 Å². The van der Waals surface area contributed by atoms with E-state index < -0.39 is 0 Å². The lowest BCUT2D eigenvalue weighted by molar-refractivity contribution is -0.130. The molecule has 23 heavy (non-hydrogen) atoms. The molecule has 0 radical (unpaired) electrons. The van der Waals surface area contributed by atoms with Crippen LogP contribution < -0.4 is 10.2 Å². The molecule has 3 aliphatic rings. The second-order valence-corrected chi connectivity index (χ2v) is 6.57. The largest absolute Gasteiger partial charge is 0.356 e. The number of hydrogen-bond acceptors (Lipinski definition) is 6. The standard InChI is InChI=1S/C15H20N6O2/c1-19-14(22)4-13(18-15(19)23)21-7-10-5-20(6-11(10)8-21)12-2-3-16-9-17-12/h2-3,9-11,13H,4-8H2,1H3,(H,18,23). The fourth-order valence-electron chi connectivity index (χ4n) is 3.87. The minimum atomic E-state index is -0.300. The highest BCUT2D eigenvalue weighted by Crippen LogP contribution is 2.34. The Labute approximate surface area is 134 Å². The number of carbonyl (C=O) groups excluding carboxylic acids is 2. The van der Waals surface area contributed by atoms with E-state index in [1.807, 2.05) is 6.07 Å². The molecule has 3 amide bonds. The Balaban J connectivity index is 1.39. The summed E-state index contributed by atoms with van der Waals surface area (Å²) in [5.41, 5.74) is 0. The molecule has 4 rings (SSSR count). The predicted octanol–water partition coefficient (Wildman–Crippen LogP) is -0.258. The molecule has 4 heterocycles. The van der Waals surface area contributed by atoms with Crippen LogP contribution in [-0.2, 0) is 4.79 Å². The van der Waals surface area contributed by atoms with Gasteiger partial charge in [0.1, 0.15) is 12.1 Å². The fraction of sp³-hybridized carbons (Fsp3) is 0.600. The highest BCUT2D eigenvalue weighted by Gasteiger charge is 2.44. The number of urea groups is 1. The van der Waals surface area contributed by atoms with Gasteiger partial charge in [-0.2, -0.15) is 0 Å². The van der Waals surface area contributed by atoms with Gasteiger partial charge in [-0.3, -0.25) is 14.6 Å². The van der Waals surface area contributed by atoms with Crippen LogP contribution in [0, 0.1) is 11.8 Å². The van der Waals surface area contributed by atoms with Crippen molar-refractivity contribution in [1.29, 1.82) is 0 Å². The average Bonchev–Trinajstić information content (AvgIpc) is 3.12. The minimum absolute atomic E-state index is 0.113. The Kier molecular flexibility index (Phi) is 3.41. The molecule has 3 saturated heterocycles. The number of fused-ring (bicyclic) bond motifs is 1. The number of rotatable bonds is 2. The van der Waals surface area contributed by atoms with E-state index in [-0.39, 0.29) is 18.1 Å². The van der Waals surface area contributed by atoms with Gasteiger partial charge in [0.15, 0.2) is 0 Å². The third-order valence-electron chi connectivity index (χ3n) is 5.18. The molecule has 0 spiro atoms. The molecule has 8 heteroatoms. The number of nitrogens with zero attached hydrogens (tertiary/aromatic N) is 5. The van der Waals surface area contributed by atoms with Crippen molar-refractivity contribution in [3.63, 3.8) is 0 Å². The van der Waals surface area contributed by atoms with Gasteiger partial charge in [-0.1, -0.05) is 0 Å². The van der Waals surface area contributed by atoms with Crippen LogP contribution in [0.3, 0.4) is 0 Å². The molecule has 0 bridgehead atoms. The van der Waals surface area contributed by atoms with Gasteiger partial charge < -0.3 is 10.2 Å². The van der Waals surface area contributed by atoms with Crippen molar-refractivity contribution in [2.24, 2.45) is 11.8 Å². The first-order valence-electron chi connectivity index (χ1n) is 7.94. The lowest BCUT2D eigenvalue weighted by Crippen LogP contribution is -2.59. The molecule has 3 atom stereocenters. The number of anilines is 1. The molecule has 1 aromatic rings. The quantitative estimate of drug-likeness (QED) is 0.810. The van der Waals surface area contributed by atoms with Crippen molar-refractivity contribution in [3.8, 4) is 0 Å². The smallest absolute Gasteiger partial charge is 0.325 e. The van der Waals surface area contributed by atoms with Crippen LogP contribution in [0.1, 0.15) is 6.42 Å². The molecule has 3 aliphatic heterocycles. The molecule has 1 aromatic heterocycles. The van der Waals surface area contributed by atoms with Gasteiger partial charge in [0.2, 0.25) is 5.91 Å². The van der Waals surface area contributed by atoms with E-state index in [9.17, 15) is 9.59 Å². The summed E-state index contributed by atoms with van der Waals surface area (Å²) in [4.78, 5) is 37.7. The summed E-state index contributed by atoms with van der Waals surface area (Å²) < 4.78 is 0. The SMILES string of the molecule is CN1C(=O)CC(N2CC3CN(c4ccncn4)CC3C2)NC1=O. The molecule has 0 aromatic carbocycles. The topological polar surface area (TPSA) is 81.7 Å². The van der Waals surface area contributed by atoms with Gasteiger partial charge in [0.05, 0.1) is 12.6 Å². The molecule has 3 unspecified atom stereocenters. The molecular formula is C15H20N6O2. The Morgan fingerprint density at radius 1 is 1.17 bits per heavy atom. The van der Waals surface area contributed by atoms with Crippen LogP contribution in [0.2, 0.25) is 0 Å². The number of carbonyl (C=O) groups is 2. The van der Waals surface area contributed by atoms with Crippen LogP contribution in [-0.4, -0.2) is 71.1 Å². The van der Waals surface area contributed by atoms with Crippen LogP contribution in [0.15, 0.2) is 18.6 Å². The average molecular weight is 316 g/mol. The maximum atomic E-state index is 11.9. The molecule has 8 nitrogen and oxygen atoms in total. The fourth-order valence-corrected chi connectivity index (χ4v) is 3.87. The lowest BCUT2D eigenvalue weighted by Gasteiger charge is -2.35. The predicted molar refractivity (Wildman–Crippen MR) is 82.5 cm³/mol. The monoisotopic (exact) mass is 316 g/mol. The summed E-state index contributed by atoms with van der Waals surface area (Å²) in [6.07, 6.45) is 3.54. The first-order valence-corrected chi connectivity index (χ1v) is 7.94. The van der Waals surface area contributed by atoms with Crippen LogP contribution >= 0.6 is 0 Å². The number of imide groups is 1. The summed E-state index contributed by atoms with van der Waals surface area (Å²) in [6.45, 7) is 3.75. The van der Waals surface area contributed by atoms with E-state index in [1.54, 1.807) is 12.5 Å². The second kappa shape index (κ2) is 5.45. The van der Waals surface area contributed by atoms with Crippen molar-refractivity contribution < 1.29 is 9.59 Å². The van der Waals surface area contributed by atoms with Gasteiger partial charge in [0, 0.05) is 39.4 Å². The zero-order valence-electron chi connectivity index (χ0n) is 13.1. The van der Waals surface area contributed by atoms with Gasteiger partial charge in [0.25, 0.3) is 0 Å². The molecule has 0 aliphatic carbocycles. The Bertz CT molecular complexity index is 592. The van der Waals surface area contributed by atoms with E-state index in [0.29, 0.717) is 18.3 Å². The van der Waals surface area contributed by atoms with E-state index in [2.05, 4.69) is 25.1 Å². The zero-order valence-corrected chi connectivity index (χ0v) is 13.1. The number of amides is 3. The minimum Gasteiger partial charge on any atom is -0.356 e. The molecular weight excluding hydrogens is 296 g/mol. The maximum absolute atomic E-state index is 11.9. The van der Waals surface area contributed by atoms with Crippen molar-refractivity contribution in [1.82, 2.24) is 25.1 Å². The van der Waals surface area contributed by atoms with Crippen molar-refractivity contribution >= 4 is 17.8 Å². The van der Waals surface area contributed by atoms with E-state index in [0.717, 1.165) is 36.9 Å². The van der Waals surface area contributed by atoms with Crippen molar-refractivity contribution in [2.45, 2.75) is 12.6 Å². The highest BCUT2D eigenvalue weighted by atomic mass is 16.2. The van der Waals surface area contributed by atoms with E-state index >= 15 is 0 Å². The first-order chi connectivity index (χ1) is 11.1. The molecule has 122 valence electrons. The first kappa shape index (κ1) is 14.4. The molecule has 1 N–H and O–H groups in total. The lowest BCUT2D eigenvalue weighted by atomic mass is 10.0. The van der Waals surface area contributed by atoms with Crippen LogP contribution in [0.5, 0.6) is 0 Å². The van der Waals surface area contributed by atoms with Gasteiger partial charge in [-0.15, -0.1) is 0 Å². The Hall–Kier alpha value is -2.22. The second-order valence-electron chi connectivity index (χ2n) is 6.57. The molecule has 3 fully saturated rings. The third kappa shape index (κ3) is 2.52. The van der Waals surface area contributed by atoms with Crippen molar-refractivity contribution in [2.75, 3.05) is 38.1 Å². The van der Waals surface area contributed by atoms with Crippen LogP contribution in [0.25, 0.3) is 0 Å². The van der Waals surface area contributed by atoms with E-state index in [4.69, 9.17) is 0 Å². The number of likely N-dealkylation sites (tertiary alicyclic amines) is 1. The number of aromatic nitrogens is 2. The normalized spacial score (nSPS) is 31.4. The zero-order chi connectivity index (χ0) is 16.0. The third-order valence-corrected chi connectivity index (χ3v) is 5.18. The Morgan fingerprint density at radius 2 is 1.91 bits per heavy atom. The van der Waals surface area contributed by atoms with Gasteiger partial charge in [-0.25, -0.2) is 14.8 Å². The summed E-state index contributed by atoms with van der Waals surface area (Å²) in [5, 5.41) is 2.93. The summed E-state index contributed by atoms with van der Waals surface area (Å²) in [5.74, 6) is 1.97. The highest BCUT2D eigenvalue weighted by molar-refractivity contribution is 5.96. The summed E-state index contributed by atoms with van der Waals surface area (Å²) in [7, 11) is 1.52. The van der Waals surface area contributed by atoms with E-state index in [1.165, 1.54) is 7.05 Å². The summed E-state index contributed by atoms with van der Waals surface area (Å²) in [6, 6.07) is 1.64.